The summed E-state index contributed by atoms with van der Waals surface area (Å²) in [7, 11) is 0. The van der Waals surface area contributed by atoms with Crippen molar-refractivity contribution in [2.24, 2.45) is 0 Å². The van der Waals surface area contributed by atoms with E-state index in [1.165, 1.54) is 0 Å². The van der Waals surface area contributed by atoms with Crippen LogP contribution in [0.1, 0.15) is 17.4 Å². The van der Waals surface area contributed by atoms with E-state index >= 15 is 0 Å². The van der Waals surface area contributed by atoms with Gasteiger partial charge in [-0.3, -0.25) is 4.40 Å². The molecule has 0 saturated heterocycles. The lowest BCUT2D eigenvalue weighted by atomic mass is 10.1. The van der Waals surface area contributed by atoms with E-state index in [-0.39, 0.29) is 0 Å². The van der Waals surface area contributed by atoms with Crippen molar-refractivity contribution in [3.05, 3.63) is 57.3 Å². The molecule has 0 radical (unpaired) electrons. The second-order valence-electron chi connectivity index (χ2n) is 4.21. The van der Waals surface area contributed by atoms with E-state index in [2.05, 4.69) is 4.98 Å². The first-order valence-electron chi connectivity index (χ1n) is 5.67. The maximum absolute atomic E-state index is 10.2. The van der Waals surface area contributed by atoms with Crippen molar-refractivity contribution in [2.45, 2.75) is 12.5 Å². The second-order valence-corrected chi connectivity index (χ2v) is 5.93. The summed E-state index contributed by atoms with van der Waals surface area (Å²) in [5.41, 5.74) is 1.51. The van der Waals surface area contributed by atoms with Crippen LogP contribution in [0.25, 0.3) is 4.96 Å². The van der Waals surface area contributed by atoms with E-state index in [4.69, 9.17) is 23.2 Å². The molecule has 0 aliphatic heterocycles. The summed E-state index contributed by atoms with van der Waals surface area (Å²) >= 11 is 13.5. The molecule has 19 heavy (non-hydrogen) atoms. The number of imidazole rings is 1. The molecule has 98 valence electrons. The Balaban J connectivity index is 1.84. The van der Waals surface area contributed by atoms with Crippen molar-refractivity contribution in [1.29, 1.82) is 0 Å². The van der Waals surface area contributed by atoms with E-state index in [1.54, 1.807) is 29.5 Å². The van der Waals surface area contributed by atoms with Gasteiger partial charge in [-0.25, -0.2) is 4.98 Å². The highest BCUT2D eigenvalue weighted by Crippen LogP contribution is 2.28. The molecule has 0 amide bonds. The normalized spacial score (nSPS) is 13.0. The number of aliphatic hydroxyl groups is 1. The Kier molecular flexibility index (Phi) is 3.50. The third kappa shape index (κ3) is 2.62. The number of hydrogen-bond acceptors (Lipinski definition) is 3. The third-order valence-electron chi connectivity index (χ3n) is 2.87. The third-order valence-corrected chi connectivity index (χ3v) is 4.20. The van der Waals surface area contributed by atoms with Crippen LogP contribution in [0.15, 0.2) is 36.0 Å². The zero-order valence-corrected chi connectivity index (χ0v) is 12.1. The van der Waals surface area contributed by atoms with Crippen molar-refractivity contribution in [3.63, 3.8) is 0 Å². The number of rotatable bonds is 3. The fraction of sp³-hybridized carbons (Fsp3) is 0.154. The molecule has 0 aliphatic carbocycles. The van der Waals surface area contributed by atoms with Gasteiger partial charge in [0.25, 0.3) is 0 Å². The minimum atomic E-state index is -0.686. The first kappa shape index (κ1) is 12.9. The number of fused-ring (bicyclic) bond motifs is 1. The van der Waals surface area contributed by atoms with E-state index in [0.717, 1.165) is 10.7 Å². The molecule has 0 spiro atoms. The molecule has 2 heterocycles. The standard InChI is InChI=1S/C13H10Cl2N2OS/c14-8-1-2-10(11(15)5-8)12(18)6-9-7-17-3-4-19-13(17)16-9/h1-5,7,12,18H,6H2. The van der Waals surface area contributed by atoms with Crippen LogP contribution in [0, 0.1) is 0 Å². The Morgan fingerprint density at radius 3 is 2.95 bits per heavy atom. The predicted octanol–water partition coefficient (Wildman–Crippen LogP) is 3.98. The highest BCUT2D eigenvalue weighted by atomic mass is 35.5. The fourth-order valence-corrected chi connectivity index (χ4v) is 3.21. The quantitative estimate of drug-likeness (QED) is 0.794. The van der Waals surface area contributed by atoms with Gasteiger partial charge in [0, 0.05) is 34.2 Å². The van der Waals surface area contributed by atoms with Crippen LogP contribution in [0.2, 0.25) is 10.0 Å². The molecule has 0 aliphatic rings. The number of aromatic nitrogens is 2. The molecule has 0 fully saturated rings. The summed E-state index contributed by atoms with van der Waals surface area (Å²) in [5, 5.41) is 13.2. The number of nitrogens with zero attached hydrogens (tertiary/aromatic N) is 2. The lowest BCUT2D eigenvalue weighted by molar-refractivity contribution is 0.177. The molecule has 1 atom stereocenters. The van der Waals surface area contributed by atoms with E-state index in [0.29, 0.717) is 22.0 Å². The molecule has 0 saturated carbocycles. The molecular weight excluding hydrogens is 303 g/mol. The maximum Gasteiger partial charge on any atom is 0.193 e. The number of aliphatic hydroxyl groups excluding tert-OH is 1. The smallest absolute Gasteiger partial charge is 0.193 e. The van der Waals surface area contributed by atoms with Gasteiger partial charge < -0.3 is 5.11 Å². The molecular formula is C13H10Cl2N2OS. The number of benzene rings is 1. The molecule has 3 nitrogen and oxygen atoms in total. The van der Waals surface area contributed by atoms with Gasteiger partial charge in [-0.2, -0.15) is 0 Å². The molecule has 2 aromatic heterocycles. The van der Waals surface area contributed by atoms with E-state index in [9.17, 15) is 5.11 Å². The van der Waals surface area contributed by atoms with Crippen LogP contribution in [0.4, 0.5) is 0 Å². The van der Waals surface area contributed by atoms with Crippen LogP contribution >= 0.6 is 34.5 Å². The molecule has 3 aromatic rings. The van der Waals surface area contributed by atoms with Crippen molar-refractivity contribution >= 4 is 39.5 Å². The summed E-state index contributed by atoms with van der Waals surface area (Å²) in [6.07, 6.45) is 3.60. The SMILES string of the molecule is OC(Cc1cn2ccsc2n1)c1ccc(Cl)cc1Cl. The zero-order valence-electron chi connectivity index (χ0n) is 9.75. The van der Waals surface area contributed by atoms with E-state index < -0.39 is 6.10 Å². The van der Waals surface area contributed by atoms with Crippen LogP contribution in [0.5, 0.6) is 0 Å². The van der Waals surface area contributed by atoms with Gasteiger partial charge >= 0.3 is 0 Å². The lowest BCUT2D eigenvalue weighted by Crippen LogP contribution is -2.02. The number of hydrogen-bond donors (Lipinski definition) is 1. The topological polar surface area (TPSA) is 37.5 Å². The van der Waals surface area contributed by atoms with Gasteiger partial charge in [-0.15, -0.1) is 11.3 Å². The highest BCUT2D eigenvalue weighted by molar-refractivity contribution is 7.15. The minimum Gasteiger partial charge on any atom is -0.388 e. The first-order valence-corrected chi connectivity index (χ1v) is 7.31. The van der Waals surface area contributed by atoms with Gasteiger partial charge in [0.1, 0.15) is 0 Å². The van der Waals surface area contributed by atoms with Crippen molar-refractivity contribution in [1.82, 2.24) is 9.38 Å². The molecule has 1 aromatic carbocycles. The van der Waals surface area contributed by atoms with Gasteiger partial charge in [0.05, 0.1) is 11.8 Å². The Labute approximate surface area is 124 Å². The van der Waals surface area contributed by atoms with Crippen LogP contribution in [-0.4, -0.2) is 14.5 Å². The summed E-state index contributed by atoms with van der Waals surface area (Å²) in [4.78, 5) is 5.36. The van der Waals surface area contributed by atoms with Gasteiger partial charge in [-0.1, -0.05) is 29.3 Å². The van der Waals surface area contributed by atoms with Crippen LogP contribution in [-0.2, 0) is 6.42 Å². The van der Waals surface area contributed by atoms with Gasteiger partial charge in [0.2, 0.25) is 0 Å². The van der Waals surface area contributed by atoms with Crippen molar-refractivity contribution in [3.8, 4) is 0 Å². The van der Waals surface area contributed by atoms with Crippen molar-refractivity contribution in [2.75, 3.05) is 0 Å². The Morgan fingerprint density at radius 2 is 2.21 bits per heavy atom. The molecule has 6 heteroatoms. The highest BCUT2D eigenvalue weighted by Gasteiger charge is 2.14. The summed E-state index contributed by atoms with van der Waals surface area (Å²) in [6.45, 7) is 0. The summed E-state index contributed by atoms with van der Waals surface area (Å²) in [6, 6.07) is 5.10. The second kappa shape index (κ2) is 5.13. The minimum absolute atomic E-state index is 0.426. The molecule has 1 N–H and O–H groups in total. The first-order chi connectivity index (χ1) is 9.13. The fourth-order valence-electron chi connectivity index (χ4n) is 1.95. The lowest BCUT2D eigenvalue weighted by Gasteiger charge is -2.11. The molecule has 3 rings (SSSR count). The van der Waals surface area contributed by atoms with E-state index in [1.807, 2.05) is 22.2 Å². The number of thiazole rings is 1. The number of halogens is 2. The monoisotopic (exact) mass is 312 g/mol. The maximum atomic E-state index is 10.2. The van der Waals surface area contributed by atoms with Crippen LogP contribution in [0.3, 0.4) is 0 Å². The Bertz CT molecular complexity index is 694. The van der Waals surface area contributed by atoms with Crippen LogP contribution < -0.4 is 0 Å². The largest absolute Gasteiger partial charge is 0.388 e. The summed E-state index contributed by atoms with van der Waals surface area (Å²) in [5.74, 6) is 0. The average Bonchev–Trinajstić information content (AvgIpc) is 2.89. The van der Waals surface area contributed by atoms with Gasteiger partial charge in [0.15, 0.2) is 4.96 Å². The zero-order chi connectivity index (χ0) is 13.4. The average molecular weight is 313 g/mol. The Hall–Kier alpha value is -1.07. The molecule has 1 unspecified atom stereocenters. The predicted molar refractivity (Wildman–Crippen MR) is 78.2 cm³/mol. The van der Waals surface area contributed by atoms with Gasteiger partial charge in [-0.05, 0) is 17.7 Å². The molecule has 0 bridgehead atoms. The van der Waals surface area contributed by atoms with Crippen molar-refractivity contribution < 1.29 is 5.11 Å². The summed E-state index contributed by atoms with van der Waals surface area (Å²) < 4.78 is 1.94. The Morgan fingerprint density at radius 1 is 1.37 bits per heavy atom.